The smallest absolute Gasteiger partial charge is 0.380 e. The fraction of sp³-hybridized carbons (Fsp3) is 0. The minimum atomic E-state index is -3.93. The van der Waals surface area contributed by atoms with Gasteiger partial charge in [-0.3, -0.25) is 0 Å². The molecule has 12 heavy (non-hydrogen) atoms. The molecule has 0 fully saturated rings. The maximum absolute atomic E-state index is 10.4. The van der Waals surface area contributed by atoms with Crippen LogP contribution >= 0.6 is 0 Å². The van der Waals surface area contributed by atoms with Crippen molar-refractivity contribution in [2.45, 2.75) is 0 Å². The molecule has 1 rings (SSSR count). The van der Waals surface area contributed by atoms with Gasteiger partial charge in [0.1, 0.15) is 5.75 Å². The molecule has 0 aliphatic heterocycles. The van der Waals surface area contributed by atoms with Crippen molar-refractivity contribution >= 4 is 16.0 Å². The highest BCUT2D eigenvalue weighted by molar-refractivity contribution is 7.84. The van der Waals surface area contributed by atoms with Crippen molar-refractivity contribution < 1.29 is 12.6 Å². The van der Waals surface area contributed by atoms with Crippen LogP contribution in [0, 0.1) is 0 Å². The number of nitrogens with two attached hydrogens (primary N) is 2. The molecule has 0 radical (unpaired) electrons. The van der Waals surface area contributed by atoms with Gasteiger partial charge in [0.25, 0.3) is 0 Å². The average molecular weight is 188 g/mol. The van der Waals surface area contributed by atoms with Gasteiger partial charge in [-0.25, -0.2) is 0 Å². The third-order valence-electron chi connectivity index (χ3n) is 1.09. The zero-order valence-electron chi connectivity index (χ0n) is 6.10. The average Bonchev–Trinajstić information content (AvgIpc) is 1.91. The highest BCUT2D eigenvalue weighted by Crippen LogP contribution is 2.13. The Morgan fingerprint density at radius 1 is 1.17 bits per heavy atom. The lowest BCUT2D eigenvalue weighted by Gasteiger charge is -2.01. The van der Waals surface area contributed by atoms with Gasteiger partial charge in [0.05, 0.1) is 0 Å². The van der Waals surface area contributed by atoms with Gasteiger partial charge >= 0.3 is 10.3 Å². The molecule has 0 spiro atoms. The molecule has 0 saturated heterocycles. The Labute approximate surface area is 70.2 Å². The van der Waals surface area contributed by atoms with Crippen LogP contribution in [0.2, 0.25) is 0 Å². The molecule has 0 bridgehead atoms. The normalized spacial score (nSPS) is 11.1. The Morgan fingerprint density at radius 2 is 1.67 bits per heavy atom. The second-order valence-corrected chi connectivity index (χ2v) is 3.30. The Balaban J connectivity index is 2.85. The van der Waals surface area contributed by atoms with Crippen molar-refractivity contribution in [3.63, 3.8) is 0 Å². The lowest BCUT2D eigenvalue weighted by molar-refractivity contribution is 0.488. The van der Waals surface area contributed by atoms with Gasteiger partial charge < -0.3 is 9.92 Å². The second kappa shape index (κ2) is 3.00. The van der Waals surface area contributed by atoms with Crippen molar-refractivity contribution in [1.29, 1.82) is 0 Å². The van der Waals surface area contributed by atoms with E-state index in [1.807, 2.05) is 0 Å². The second-order valence-electron chi connectivity index (χ2n) is 2.15. The summed E-state index contributed by atoms with van der Waals surface area (Å²) in [5.74, 6) is 0.145. The van der Waals surface area contributed by atoms with Crippen molar-refractivity contribution in [3.05, 3.63) is 24.3 Å². The fourth-order valence-corrected chi connectivity index (χ4v) is 1.04. The largest absolute Gasteiger partial charge is 0.399 e. The van der Waals surface area contributed by atoms with Gasteiger partial charge in [-0.05, 0) is 24.3 Å². The van der Waals surface area contributed by atoms with E-state index in [2.05, 4.69) is 9.32 Å². The van der Waals surface area contributed by atoms with Crippen LogP contribution in [0.5, 0.6) is 5.75 Å². The predicted octanol–water partition coefficient (Wildman–Crippen LogP) is -0.149. The first-order valence-electron chi connectivity index (χ1n) is 3.05. The molecule has 1 aromatic carbocycles. The molecule has 5 nitrogen and oxygen atoms in total. The summed E-state index contributed by atoms with van der Waals surface area (Å²) in [5, 5.41) is 4.62. The van der Waals surface area contributed by atoms with Gasteiger partial charge in [0.2, 0.25) is 0 Å². The molecule has 0 saturated carbocycles. The minimum absolute atomic E-state index is 0.145. The number of benzene rings is 1. The summed E-state index contributed by atoms with van der Waals surface area (Å²) in [5.41, 5.74) is 5.88. The molecule has 66 valence electrons. The zero-order chi connectivity index (χ0) is 9.19. The lowest BCUT2D eigenvalue weighted by Crippen LogP contribution is -2.18. The van der Waals surface area contributed by atoms with Crippen molar-refractivity contribution in [2.24, 2.45) is 5.14 Å². The Kier molecular flexibility index (Phi) is 2.20. The van der Waals surface area contributed by atoms with E-state index in [0.29, 0.717) is 5.69 Å². The van der Waals surface area contributed by atoms with Crippen LogP contribution in [0.1, 0.15) is 0 Å². The van der Waals surface area contributed by atoms with Crippen LogP contribution in [0.3, 0.4) is 0 Å². The highest BCUT2D eigenvalue weighted by Gasteiger charge is 2.03. The van der Waals surface area contributed by atoms with Gasteiger partial charge in [-0.15, -0.1) is 0 Å². The quantitative estimate of drug-likeness (QED) is 0.631. The molecule has 0 aliphatic rings. The summed E-state index contributed by atoms with van der Waals surface area (Å²) >= 11 is 0. The molecular formula is C6H8N2O3S. The Hall–Kier alpha value is -1.27. The van der Waals surface area contributed by atoms with E-state index in [9.17, 15) is 8.42 Å². The van der Waals surface area contributed by atoms with Gasteiger partial charge in [-0.2, -0.15) is 13.6 Å². The van der Waals surface area contributed by atoms with E-state index in [1.54, 1.807) is 0 Å². The maximum Gasteiger partial charge on any atom is 0.380 e. The highest BCUT2D eigenvalue weighted by atomic mass is 32.2. The van der Waals surface area contributed by atoms with Crippen LogP contribution in [-0.4, -0.2) is 8.42 Å². The first kappa shape index (κ1) is 8.82. The van der Waals surface area contributed by atoms with Crippen molar-refractivity contribution in [3.8, 4) is 5.75 Å². The van der Waals surface area contributed by atoms with Crippen LogP contribution in [0.15, 0.2) is 24.3 Å². The molecule has 1 aromatic rings. The first-order valence-corrected chi connectivity index (χ1v) is 4.52. The van der Waals surface area contributed by atoms with E-state index in [-0.39, 0.29) is 5.75 Å². The van der Waals surface area contributed by atoms with Crippen LogP contribution in [0.4, 0.5) is 5.69 Å². The van der Waals surface area contributed by atoms with Gasteiger partial charge in [-0.1, -0.05) is 0 Å². The summed E-state index contributed by atoms with van der Waals surface area (Å²) in [6.45, 7) is 0. The fourth-order valence-electron chi connectivity index (χ4n) is 0.658. The van der Waals surface area contributed by atoms with Crippen molar-refractivity contribution in [2.75, 3.05) is 5.73 Å². The number of nitrogen functional groups attached to an aromatic ring is 1. The summed E-state index contributed by atoms with van der Waals surface area (Å²) in [6, 6.07) is 5.86. The monoisotopic (exact) mass is 188 g/mol. The molecule has 0 amide bonds. The Morgan fingerprint density at radius 3 is 2.08 bits per heavy atom. The topological polar surface area (TPSA) is 95.4 Å². The SMILES string of the molecule is Nc1ccc(OS(N)(=O)=O)cc1. The van der Waals surface area contributed by atoms with Crippen LogP contribution in [0.25, 0.3) is 0 Å². The molecule has 6 heteroatoms. The van der Waals surface area contributed by atoms with E-state index < -0.39 is 10.3 Å². The number of anilines is 1. The maximum atomic E-state index is 10.4. The summed E-state index contributed by atoms with van der Waals surface area (Å²) in [7, 11) is -3.93. The van der Waals surface area contributed by atoms with Gasteiger partial charge in [0.15, 0.2) is 0 Å². The number of hydrogen-bond acceptors (Lipinski definition) is 4. The van der Waals surface area contributed by atoms with E-state index in [0.717, 1.165) is 0 Å². The first-order chi connectivity index (χ1) is 5.47. The van der Waals surface area contributed by atoms with Crippen molar-refractivity contribution in [1.82, 2.24) is 0 Å². The summed E-state index contributed by atoms with van der Waals surface area (Å²) in [4.78, 5) is 0. The predicted molar refractivity (Wildman–Crippen MR) is 44.6 cm³/mol. The van der Waals surface area contributed by atoms with E-state index in [4.69, 9.17) is 5.73 Å². The minimum Gasteiger partial charge on any atom is -0.399 e. The third-order valence-corrected chi connectivity index (χ3v) is 1.52. The van der Waals surface area contributed by atoms with E-state index >= 15 is 0 Å². The zero-order valence-corrected chi connectivity index (χ0v) is 6.91. The molecule has 0 atom stereocenters. The summed E-state index contributed by atoms with van der Waals surface area (Å²) in [6.07, 6.45) is 0. The summed E-state index contributed by atoms with van der Waals surface area (Å²) < 4.78 is 25.2. The molecule has 0 heterocycles. The number of rotatable bonds is 2. The number of hydrogen-bond donors (Lipinski definition) is 2. The standard InChI is InChI=1S/C6H8N2O3S/c7-5-1-3-6(4-2-5)11-12(8,9)10/h1-4H,7H2,(H2,8,9,10). The Bertz CT molecular complexity index is 357. The molecule has 0 aromatic heterocycles. The molecule has 4 N–H and O–H groups in total. The molecule has 0 aliphatic carbocycles. The molecule has 0 unspecified atom stereocenters. The van der Waals surface area contributed by atoms with Crippen LogP contribution in [-0.2, 0) is 10.3 Å². The van der Waals surface area contributed by atoms with Gasteiger partial charge in [0, 0.05) is 5.69 Å². The van der Waals surface area contributed by atoms with Crippen LogP contribution < -0.4 is 15.1 Å². The third kappa shape index (κ3) is 2.77. The van der Waals surface area contributed by atoms with E-state index in [1.165, 1.54) is 24.3 Å². The molecular weight excluding hydrogens is 180 g/mol. The lowest BCUT2D eigenvalue weighted by atomic mass is 10.3.